The normalized spacial score (nSPS) is 10.7. The molecule has 0 spiro atoms. The second kappa shape index (κ2) is 8.61. The quantitative estimate of drug-likeness (QED) is 0.753. The van der Waals surface area contributed by atoms with Crippen molar-refractivity contribution in [1.82, 2.24) is 15.1 Å². The van der Waals surface area contributed by atoms with Gasteiger partial charge in [-0.15, -0.1) is 10.2 Å². The predicted molar refractivity (Wildman–Crippen MR) is 97.8 cm³/mol. The molecular formula is C17H22ClN5O. The van der Waals surface area contributed by atoms with Crippen LogP contribution in [0.15, 0.2) is 30.3 Å². The molecule has 0 aliphatic heterocycles. The Morgan fingerprint density at radius 3 is 2.67 bits per heavy atom. The number of hydrogen-bond donors (Lipinski definition) is 2. The van der Waals surface area contributed by atoms with Crippen LogP contribution in [-0.2, 0) is 0 Å². The number of carbonyl (C=O) groups excluding carboxylic acids is 1. The summed E-state index contributed by atoms with van der Waals surface area (Å²) in [7, 11) is 4.07. The number of benzene rings is 1. The molecule has 0 atom stereocenters. The average molecular weight is 348 g/mol. The van der Waals surface area contributed by atoms with E-state index in [1.807, 2.05) is 21.0 Å². The number of nitrogens with one attached hydrogen (secondary N) is 2. The van der Waals surface area contributed by atoms with Crippen LogP contribution >= 0.6 is 11.6 Å². The summed E-state index contributed by atoms with van der Waals surface area (Å²) in [5.41, 5.74) is 1.74. The van der Waals surface area contributed by atoms with Crippen molar-refractivity contribution < 1.29 is 4.79 Å². The minimum absolute atomic E-state index is 0.258. The van der Waals surface area contributed by atoms with Gasteiger partial charge < -0.3 is 15.5 Å². The van der Waals surface area contributed by atoms with Crippen molar-refractivity contribution in [3.63, 3.8) is 0 Å². The third-order valence-corrected chi connectivity index (χ3v) is 3.91. The van der Waals surface area contributed by atoms with E-state index in [0.717, 1.165) is 25.1 Å². The molecule has 1 heterocycles. The maximum atomic E-state index is 12.2. The Labute approximate surface area is 147 Å². The van der Waals surface area contributed by atoms with Crippen molar-refractivity contribution in [2.75, 3.05) is 37.8 Å². The highest BCUT2D eigenvalue weighted by Gasteiger charge is 2.11. The first-order valence-electron chi connectivity index (χ1n) is 7.76. The SMILES string of the molecule is Cc1c(Cl)cccc1NC(=O)c1ccc(NCCCN(C)C)nn1. The Morgan fingerprint density at radius 1 is 1.21 bits per heavy atom. The predicted octanol–water partition coefficient (Wildman–Crippen LogP) is 3.05. The van der Waals surface area contributed by atoms with Gasteiger partial charge in [0, 0.05) is 17.3 Å². The van der Waals surface area contributed by atoms with Crippen molar-refractivity contribution in [3.05, 3.63) is 46.6 Å². The van der Waals surface area contributed by atoms with E-state index < -0.39 is 0 Å². The number of carbonyl (C=O) groups is 1. The lowest BCUT2D eigenvalue weighted by molar-refractivity contribution is 0.102. The Bertz CT molecular complexity index is 688. The van der Waals surface area contributed by atoms with Crippen molar-refractivity contribution in [3.8, 4) is 0 Å². The highest BCUT2D eigenvalue weighted by atomic mass is 35.5. The van der Waals surface area contributed by atoms with Gasteiger partial charge in [0.2, 0.25) is 0 Å². The second-order valence-electron chi connectivity index (χ2n) is 5.75. The monoisotopic (exact) mass is 347 g/mol. The summed E-state index contributed by atoms with van der Waals surface area (Å²) in [4.78, 5) is 14.4. The van der Waals surface area contributed by atoms with E-state index in [1.54, 1.807) is 30.3 Å². The molecule has 24 heavy (non-hydrogen) atoms. The van der Waals surface area contributed by atoms with Gasteiger partial charge >= 0.3 is 0 Å². The molecule has 1 aromatic heterocycles. The lowest BCUT2D eigenvalue weighted by Gasteiger charge is -2.10. The van der Waals surface area contributed by atoms with E-state index in [0.29, 0.717) is 16.5 Å². The summed E-state index contributed by atoms with van der Waals surface area (Å²) in [5, 5.41) is 14.6. The molecule has 2 N–H and O–H groups in total. The molecule has 0 unspecified atom stereocenters. The highest BCUT2D eigenvalue weighted by molar-refractivity contribution is 6.31. The molecule has 0 bridgehead atoms. The number of nitrogens with zero attached hydrogens (tertiary/aromatic N) is 3. The van der Waals surface area contributed by atoms with Gasteiger partial charge in [0.1, 0.15) is 5.82 Å². The van der Waals surface area contributed by atoms with Crippen molar-refractivity contribution in [1.29, 1.82) is 0 Å². The number of rotatable bonds is 7. The van der Waals surface area contributed by atoms with Gasteiger partial charge in [0.25, 0.3) is 5.91 Å². The van der Waals surface area contributed by atoms with E-state index in [-0.39, 0.29) is 11.6 Å². The molecule has 0 saturated carbocycles. The Morgan fingerprint density at radius 2 is 2.00 bits per heavy atom. The van der Waals surface area contributed by atoms with Crippen molar-refractivity contribution in [2.45, 2.75) is 13.3 Å². The lowest BCUT2D eigenvalue weighted by Crippen LogP contribution is -2.17. The van der Waals surface area contributed by atoms with Crippen LogP contribution in [0.3, 0.4) is 0 Å². The summed E-state index contributed by atoms with van der Waals surface area (Å²) in [6.45, 7) is 3.66. The lowest BCUT2D eigenvalue weighted by atomic mass is 10.2. The molecule has 6 nitrogen and oxygen atoms in total. The number of amides is 1. The first kappa shape index (κ1) is 18.2. The molecule has 0 radical (unpaired) electrons. The summed E-state index contributed by atoms with van der Waals surface area (Å²) in [5.74, 6) is 0.344. The molecule has 0 aliphatic carbocycles. The summed E-state index contributed by atoms with van der Waals surface area (Å²) in [6.07, 6.45) is 1.00. The highest BCUT2D eigenvalue weighted by Crippen LogP contribution is 2.23. The summed E-state index contributed by atoms with van der Waals surface area (Å²) < 4.78 is 0. The molecule has 7 heteroatoms. The van der Waals surface area contributed by atoms with Gasteiger partial charge in [0.15, 0.2) is 5.69 Å². The van der Waals surface area contributed by atoms with Crippen LogP contribution in [0.25, 0.3) is 0 Å². The molecule has 1 amide bonds. The maximum absolute atomic E-state index is 12.2. The fraction of sp³-hybridized carbons (Fsp3) is 0.353. The fourth-order valence-electron chi connectivity index (χ4n) is 2.09. The van der Waals surface area contributed by atoms with Gasteiger partial charge in [-0.3, -0.25) is 4.79 Å². The largest absolute Gasteiger partial charge is 0.369 e. The number of aromatic nitrogens is 2. The third kappa shape index (κ3) is 5.18. The second-order valence-corrected chi connectivity index (χ2v) is 6.16. The van der Waals surface area contributed by atoms with Crippen LogP contribution in [0.5, 0.6) is 0 Å². The molecule has 1 aromatic carbocycles. The number of anilines is 2. The molecular weight excluding hydrogens is 326 g/mol. The van der Waals surface area contributed by atoms with Crippen LogP contribution in [0.4, 0.5) is 11.5 Å². The molecule has 0 aliphatic rings. The van der Waals surface area contributed by atoms with E-state index in [2.05, 4.69) is 25.7 Å². The van der Waals surface area contributed by atoms with Crippen molar-refractivity contribution in [2.24, 2.45) is 0 Å². The average Bonchev–Trinajstić information content (AvgIpc) is 2.56. The van der Waals surface area contributed by atoms with Crippen LogP contribution in [0, 0.1) is 6.92 Å². The number of hydrogen-bond acceptors (Lipinski definition) is 5. The zero-order valence-electron chi connectivity index (χ0n) is 14.1. The van der Waals surface area contributed by atoms with Crippen LogP contribution in [0.1, 0.15) is 22.5 Å². The standard InChI is InChI=1S/C17H22ClN5O/c1-12-13(18)6-4-7-14(12)20-17(24)15-8-9-16(22-21-15)19-10-5-11-23(2)3/h4,6-9H,5,10-11H2,1-3H3,(H,19,22)(H,20,24). The zero-order valence-corrected chi connectivity index (χ0v) is 14.9. The fourth-order valence-corrected chi connectivity index (χ4v) is 2.26. The summed E-state index contributed by atoms with van der Waals surface area (Å²) in [6, 6.07) is 8.77. The minimum Gasteiger partial charge on any atom is -0.369 e. The number of halogens is 1. The third-order valence-electron chi connectivity index (χ3n) is 3.50. The van der Waals surface area contributed by atoms with Crippen LogP contribution in [0.2, 0.25) is 5.02 Å². The Kier molecular flexibility index (Phi) is 6.52. The molecule has 0 fully saturated rings. The van der Waals surface area contributed by atoms with Crippen molar-refractivity contribution >= 4 is 29.0 Å². The molecule has 2 aromatic rings. The Balaban J connectivity index is 1.92. The van der Waals surface area contributed by atoms with Crippen LogP contribution in [-0.4, -0.2) is 48.2 Å². The van der Waals surface area contributed by atoms with Gasteiger partial charge in [-0.25, -0.2) is 0 Å². The smallest absolute Gasteiger partial charge is 0.276 e. The van der Waals surface area contributed by atoms with Gasteiger partial charge in [-0.05, 0) is 63.8 Å². The Hall–Kier alpha value is -2.18. The molecule has 2 rings (SSSR count). The van der Waals surface area contributed by atoms with E-state index in [4.69, 9.17) is 11.6 Å². The minimum atomic E-state index is -0.313. The van der Waals surface area contributed by atoms with Crippen LogP contribution < -0.4 is 10.6 Å². The first-order valence-corrected chi connectivity index (χ1v) is 8.14. The van der Waals surface area contributed by atoms with E-state index in [9.17, 15) is 4.79 Å². The van der Waals surface area contributed by atoms with E-state index in [1.165, 1.54) is 0 Å². The van der Waals surface area contributed by atoms with Gasteiger partial charge in [0.05, 0.1) is 0 Å². The summed E-state index contributed by atoms with van der Waals surface area (Å²) >= 11 is 6.05. The molecule has 128 valence electrons. The van der Waals surface area contributed by atoms with Gasteiger partial charge in [-0.2, -0.15) is 0 Å². The van der Waals surface area contributed by atoms with E-state index >= 15 is 0 Å². The maximum Gasteiger partial charge on any atom is 0.276 e. The zero-order chi connectivity index (χ0) is 17.5. The van der Waals surface area contributed by atoms with Gasteiger partial charge in [-0.1, -0.05) is 17.7 Å². The first-order chi connectivity index (χ1) is 11.5. The molecule has 0 saturated heterocycles. The topological polar surface area (TPSA) is 70.2 Å².